The summed E-state index contributed by atoms with van der Waals surface area (Å²) in [5.41, 5.74) is 0.771. The first-order valence-corrected chi connectivity index (χ1v) is 11.2. The van der Waals surface area contributed by atoms with Gasteiger partial charge in [0, 0.05) is 45.6 Å². The topological polar surface area (TPSA) is 87.2 Å². The number of carbonyl (C=O) groups is 4. The normalized spacial score (nSPS) is 15.6. The second-order valence-corrected chi connectivity index (χ2v) is 8.08. The molecule has 2 aliphatic rings. The molecule has 33 heavy (non-hydrogen) atoms. The lowest BCUT2D eigenvalue weighted by Crippen LogP contribution is -2.51. The number of hydrogen-bond donors (Lipinski definition) is 0. The second-order valence-electron chi connectivity index (χ2n) is 8.08. The van der Waals surface area contributed by atoms with E-state index in [0.29, 0.717) is 56.8 Å². The van der Waals surface area contributed by atoms with Crippen LogP contribution in [0.2, 0.25) is 0 Å². The Hall–Kier alpha value is -3.68. The van der Waals surface area contributed by atoms with Crippen molar-refractivity contribution in [2.45, 2.75) is 19.3 Å². The molecule has 1 fully saturated rings. The molecule has 0 aliphatic carbocycles. The van der Waals surface area contributed by atoms with Gasteiger partial charge in [-0.25, -0.2) is 0 Å². The van der Waals surface area contributed by atoms with Crippen molar-refractivity contribution < 1.29 is 23.9 Å². The highest BCUT2D eigenvalue weighted by Crippen LogP contribution is 2.22. The Balaban J connectivity index is 1.16. The first-order valence-electron chi connectivity index (χ1n) is 11.2. The molecule has 2 aliphatic heterocycles. The molecule has 2 heterocycles. The summed E-state index contributed by atoms with van der Waals surface area (Å²) in [7, 11) is 0. The Morgan fingerprint density at radius 1 is 0.727 bits per heavy atom. The van der Waals surface area contributed by atoms with Gasteiger partial charge in [-0.15, -0.1) is 0 Å². The molecule has 0 aromatic heterocycles. The van der Waals surface area contributed by atoms with Gasteiger partial charge in [-0.2, -0.15) is 0 Å². The lowest BCUT2D eigenvalue weighted by atomic mass is 10.1. The predicted molar refractivity (Wildman–Crippen MR) is 121 cm³/mol. The molecule has 0 bridgehead atoms. The van der Waals surface area contributed by atoms with Crippen LogP contribution in [0.3, 0.4) is 0 Å². The van der Waals surface area contributed by atoms with Gasteiger partial charge >= 0.3 is 0 Å². The van der Waals surface area contributed by atoms with Crippen LogP contribution in [0.4, 0.5) is 0 Å². The van der Waals surface area contributed by atoms with E-state index in [2.05, 4.69) is 0 Å². The average Bonchev–Trinajstić information content (AvgIpc) is 3.10. The van der Waals surface area contributed by atoms with Gasteiger partial charge in [0.25, 0.3) is 11.8 Å². The Bertz CT molecular complexity index is 996. The minimum atomic E-state index is -0.352. The van der Waals surface area contributed by atoms with Crippen molar-refractivity contribution >= 4 is 23.6 Å². The quantitative estimate of drug-likeness (QED) is 0.456. The van der Waals surface area contributed by atoms with Crippen LogP contribution in [0.25, 0.3) is 0 Å². The molecular weight excluding hydrogens is 422 g/mol. The highest BCUT2D eigenvalue weighted by Gasteiger charge is 2.35. The van der Waals surface area contributed by atoms with Crippen LogP contribution in [-0.4, -0.2) is 77.7 Å². The maximum atomic E-state index is 12.6. The smallest absolute Gasteiger partial charge is 0.261 e. The molecule has 0 saturated carbocycles. The first-order chi connectivity index (χ1) is 16.0. The molecule has 4 amide bonds. The molecule has 2 aromatic rings. The fourth-order valence-electron chi connectivity index (χ4n) is 4.10. The number of carbonyl (C=O) groups excluding carboxylic acids is 4. The highest BCUT2D eigenvalue weighted by molar-refractivity contribution is 6.21. The predicted octanol–water partition coefficient (Wildman–Crippen LogP) is 2.20. The number of ether oxygens (including phenoxy) is 1. The van der Waals surface area contributed by atoms with Crippen molar-refractivity contribution in [1.29, 1.82) is 0 Å². The fraction of sp³-hybridized carbons (Fsp3) is 0.360. The van der Waals surface area contributed by atoms with E-state index in [9.17, 15) is 19.2 Å². The molecule has 0 radical (unpaired) electrons. The van der Waals surface area contributed by atoms with E-state index in [1.165, 1.54) is 0 Å². The zero-order valence-corrected chi connectivity index (χ0v) is 18.4. The van der Waals surface area contributed by atoms with Gasteiger partial charge in [-0.05, 0) is 30.7 Å². The standard InChI is InChI=1S/C25H27N3O5/c29-22(11-6-18-33-19-7-2-1-3-8-19)26-14-16-27(17-15-26)23(30)12-13-28-24(31)20-9-4-5-10-21(20)25(28)32/h1-5,7-10H,6,11-18H2. The summed E-state index contributed by atoms with van der Waals surface area (Å²) >= 11 is 0. The number of para-hydroxylation sites is 1. The average molecular weight is 450 g/mol. The summed E-state index contributed by atoms with van der Waals surface area (Å²) in [6.45, 7) is 2.41. The molecule has 8 nitrogen and oxygen atoms in total. The van der Waals surface area contributed by atoms with Gasteiger partial charge in [-0.3, -0.25) is 24.1 Å². The van der Waals surface area contributed by atoms with Gasteiger partial charge in [0.05, 0.1) is 17.7 Å². The van der Waals surface area contributed by atoms with Crippen molar-refractivity contribution in [3.05, 3.63) is 65.7 Å². The van der Waals surface area contributed by atoms with E-state index >= 15 is 0 Å². The molecule has 0 spiro atoms. The Kier molecular flexibility index (Phi) is 7.02. The molecule has 1 saturated heterocycles. The van der Waals surface area contributed by atoms with Gasteiger partial charge in [0.1, 0.15) is 5.75 Å². The van der Waals surface area contributed by atoms with Crippen LogP contribution >= 0.6 is 0 Å². The van der Waals surface area contributed by atoms with Crippen LogP contribution in [0.15, 0.2) is 54.6 Å². The number of benzene rings is 2. The van der Waals surface area contributed by atoms with Crippen molar-refractivity contribution in [1.82, 2.24) is 14.7 Å². The molecule has 8 heteroatoms. The molecule has 4 rings (SSSR count). The summed E-state index contributed by atoms with van der Waals surface area (Å²) in [5, 5.41) is 0. The maximum absolute atomic E-state index is 12.6. The molecule has 0 N–H and O–H groups in total. The third-order valence-electron chi connectivity index (χ3n) is 5.96. The summed E-state index contributed by atoms with van der Waals surface area (Å²) in [5.74, 6) is 0.0307. The van der Waals surface area contributed by atoms with E-state index in [-0.39, 0.29) is 36.6 Å². The number of hydrogen-bond acceptors (Lipinski definition) is 5. The number of imide groups is 1. The summed E-state index contributed by atoms with van der Waals surface area (Å²) in [6, 6.07) is 16.2. The second kappa shape index (κ2) is 10.3. The van der Waals surface area contributed by atoms with E-state index in [4.69, 9.17) is 4.74 Å². The number of rotatable bonds is 8. The summed E-state index contributed by atoms with van der Waals surface area (Å²) in [4.78, 5) is 54.5. The monoisotopic (exact) mass is 449 g/mol. The molecule has 0 unspecified atom stereocenters. The van der Waals surface area contributed by atoms with E-state index < -0.39 is 0 Å². The van der Waals surface area contributed by atoms with E-state index in [1.54, 1.807) is 34.1 Å². The number of piperazine rings is 1. The van der Waals surface area contributed by atoms with Crippen LogP contribution in [0.5, 0.6) is 5.75 Å². The van der Waals surface area contributed by atoms with Gasteiger partial charge in [0.2, 0.25) is 11.8 Å². The lowest BCUT2D eigenvalue weighted by molar-refractivity contribution is -0.139. The minimum Gasteiger partial charge on any atom is -0.494 e. The molecular formula is C25H27N3O5. The van der Waals surface area contributed by atoms with Crippen molar-refractivity contribution in [3.63, 3.8) is 0 Å². The Labute approximate surface area is 192 Å². The molecule has 2 aromatic carbocycles. The molecule has 0 atom stereocenters. The molecule has 172 valence electrons. The van der Waals surface area contributed by atoms with Crippen molar-refractivity contribution in [3.8, 4) is 5.75 Å². The fourth-order valence-corrected chi connectivity index (χ4v) is 4.10. The largest absolute Gasteiger partial charge is 0.494 e. The van der Waals surface area contributed by atoms with E-state index in [1.807, 2.05) is 30.3 Å². The minimum absolute atomic E-state index is 0.0600. The zero-order chi connectivity index (χ0) is 23.2. The van der Waals surface area contributed by atoms with Crippen LogP contribution in [0, 0.1) is 0 Å². The van der Waals surface area contributed by atoms with Crippen molar-refractivity contribution in [2.24, 2.45) is 0 Å². The Morgan fingerprint density at radius 2 is 1.24 bits per heavy atom. The first kappa shape index (κ1) is 22.5. The number of fused-ring (bicyclic) bond motifs is 1. The third-order valence-corrected chi connectivity index (χ3v) is 5.96. The van der Waals surface area contributed by atoms with Gasteiger partial charge in [0.15, 0.2) is 0 Å². The lowest BCUT2D eigenvalue weighted by Gasteiger charge is -2.35. The van der Waals surface area contributed by atoms with Crippen LogP contribution < -0.4 is 4.74 Å². The maximum Gasteiger partial charge on any atom is 0.261 e. The Morgan fingerprint density at radius 3 is 1.82 bits per heavy atom. The van der Waals surface area contributed by atoms with Gasteiger partial charge in [-0.1, -0.05) is 30.3 Å². The zero-order valence-electron chi connectivity index (χ0n) is 18.4. The summed E-state index contributed by atoms with van der Waals surface area (Å²) in [6.07, 6.45) is 1.11. The number of nitrogens with zero attached hydrogens (tertiary/aromatic N) is 3. The van der Waals surface area contributed by atoms with E-state index in [0.717, 1.165) is 10.6 Å². The van der Waals surface area contributed by atoms with Crippen molar-refractivity contribution in [2.75, 3.05) is 39.3 Å². The number of amides is 4. The summed E-state index contributed by atoms with van der Waals surface area (Å²) < 4.78 is 5.62. The van der Waals surface area contributed by atoms with Crippen LogP contribution in [-0.2, 0) is 9.59 Å². The van der Waals surface area contributed by atoms with Crippen LogP contribution in [0.1, 0.15) is 40.0 Å². The third kappa shape index (κ3) is 5.22. The highest BCUT2D eigenvalue weighted by atomic mass is 16.5. The SMILES string of the molecule is O=C(CCCOc1ccccc1)N1CCN(C(=O)CCN2C(=O)c3ccccc3C2=O)CC1. The van der Waals surface area contributed by atoms with Gasteiger partial charge < -0.3 is 14.5 Å².